The largest absolute Gasteiger partial charge is 0.319 e. The van der Waals surface area contributed by atoms with Crippen LogP contribution in [0.4, 0.5) is 17.2 Å². The van der Waals surface area contributed by atoms with Gasteiger partial charge in [0.25, 0.3) is 5.91 Å². The Hall–Kier alpha value is -3.46. The van der Waals surface area contributed by atoms with E-state index in [1.807, 2.05) is 6.07 Å². The molecule has 0 radical (unpaired) electrons. The maximum absolute atomic E-state index is 13.6. The fourth-order valence-corrected chi connectivity index (χ4v) is 4.79. The molecule has 2 aromatic rings. The quantitative estimate of drug-likeness (QED) is 0.214. The fraction of sp³-hybridized carbons (Fsp3) is 0.500. The Balaban J connectivity index is 1.26. The predicted octanol–water partition coefficient (Wildman–Crippen LogP) is 4.58. The van der Waals surface area contributed by atoms with E-state index in [1.165, 1.54) is 25.7 Å². The number of piperazine rings is 1. The van der Waals surface area contributed by atoms with Gasteiger partial charge in [-0.05, 0) is 49.2 Å². The summed E-state index contributed by atoms with van der Waals surface area (Å²) in [6, 6.07) is 10.7. The molecule has 0 saturated carbocycles. The molecule has 1 fully saturated rings. The van der Waals surface area contributed by atoms with Gasteiger partial charge >= 0.3 is 0 Å². The molecule has 190 valence electrons. The molecule has 4 rings (SSSR count). The summed E-state index contributed by atoms with van der Waals surface area (Å²) in [5.74, 6) is 0.127. The number of anilines is 3. The van der Waals surface area contributed by atoms with Crippen molar-refractivity contribution in [3.8, 4) is 0 Å². The summed E-state index contributed by atoms with van der Waals surface area (Å²) in [5.41, 5.74) is 9.85. The van der Waals surface area contributed by atoms with Crippen molar-refractivity contribution in [2.45, 2.75) is 38.5 Å². The van der Waals surface area contributed by atoms with E-state index in [-0.39, 0.29) is 18.4 Å². The first kappa shape index (κ1) is 25.6. The van der Waals surface area contributed by atoms with Crippen LogP contribution in [0.3, 0.4) is 0 Å². The van der Waals surface area contributed by atoms with Crippen LogP contribution >= 0.6 is 0 Å². The topological polar surface area (TPSA) is 118 Å². The number of unbranched alkanes of at least 4 members (excludes halogenated alkanes) is 5. The SMILES string of the molecule is [N-]=[N+]=NCCCCCCCCN1CCN(CC(=O)N2c3ccccc3C(=O)Nc3cccnc32)CC1. The zero-order valence-electron chi connectivity index (χ0n) is 20.7. The monoisotopic (exact) mass is 490 g/mol. The van der Waals surface area contributed by atoms with Crippen LogP contribution in [0, 0.1) is 0 Å². The molecule has 1 aromatic heterocycles. The summed E-state index contributed by atoms with van der Waals surface area (Å²) in [6.07, 6.45) is 8.54. The van der Waals surface area contributed by atoms with Crippen molar-refractivity contribution in [3.63, 3.8) is 0 Å². The Morgan fingerprint density at radius 1 is 0.972 bits per heavy atom. The average molecular weight is 491 g/mol. The minimum Gasteiger partial charge on any atom is -0.319 e. The lowest BCUT2D eigenvalue weighted by Gasteiger charge is -2.35. The van der Waals surface area contributed by atoms with Crippen molar-refractivity contribution in [1.29, 1.82) is 0 Å². The second kappa shape index (κ2) is 13.0. The van der Waals surface area contributed by atoms with Gasteiger partial charge in [-0.15, -0.1) is 0 Å². The molecule has 1 N–H and O–H groups in total. The zero-order valence-corrected chi connectivity index (χ0v) is 20.7. The van der Waals surface area contributed by atoms with Crippen molar-refractivity contribution < 1.29 is 9.59 Å². The molecule has 2 aliphatic rings. The van der Waals surface area contributed by atoms with E-state index < -0.39 is 0 Å². The lowest BCUT2D eigenvalue weighted by atomic mass is 10.1. The number of hydrogen-bond acceptors (Lipinski definition) is 6. The highest BCUT2D eigenvalue weighted by molar-refractivity contribution is 6.17. The first-order valence-corrected chi connectivity index (χ1v) is 12.8. The Bertz CT molecular complexity index is 1090. The van der Waals surface area contributed by atoms with Crippen LogP contribution in [0.1, 0.15) is 48.9 Å². The highest BCUT2D eigenvalue weighted by Crippen LogP contribution is 2.36. The number of nitrogens with one attached hydrogen (secondary N) is 1. The number of nitrogens with zero attached hydrogens (tertiary/aromatic N) is 7. The maximum atomic E-state index is 13.6. The average Bonchev–Trinajstić information content (AvgIpc) is 3.02. The highest BCUT2D eigenvalue weighted by Gasteiger charge is 2.31. The Labute approximate surface area is 211 Å². The standard InChI is InChI=1S/C26H34N8O2/c27-31-29-14-7-3-1-2-4-8-15-32-16-18-33(19-17-32)20-24(35)34-23-12-6-5-10-21(23)26(36)30-22-11-9-13-28-25(22)34/h5-6,9-13H,1-4,7-8,14-20H2,(H,30,36). The van der Waals surface area contributed by atoms with Crippen LogP contribution in [-0.4, -0.2) is 72.4 Å². The highest BCUT2D eigenvalue weighted by atomic mass is 16.2. The molecular weight excluding hydrogens is 456 g/mol. The number of benzene rings is 1. The van der Waals surface area contributed by atoms with E-state index in [9.17, 15) is 9.59 Å². The van der Waals surface area contributed by atoms with Gasteiger partial charge in [0.1, 0.15) is 0 Å². The number of azide groups is 1. The smallest absolute Gasteiger partial charge is 0.257 e. The van der Waals surface area contributed by atoms with Crippen LogP contribution in [0.5, 0.6) is 0 Å². The van der Waals surface area contributed by atoms with Crippen molar-refractivity contribution in [1.82, 2.24) is 14.8 Å². The Kier molecular flexibility index (Phi) is 9.27. The molecule has 2 aliphatic heterocycles. The van der Waals surface area contributed by atoms with Crippen LogP contribution in [0.25, 0.3) is 10.4 Å². The molecule has 1 saturated heterocycles. The van der Waals surface area contributed by atoms with Gasteiger partial charge in [0.05, 0.1) is 23.5 Å². The zero-order chi connectivity index (χ0) is 25.2. The minimum atomic E-state index is -0.239. The number of amides is 2. The van der Waals surface area contributed by atoms with E-state index in [4.69, 9.17) is 5.53 Å². The molecule has 0 bridgehead atoms. The maximum Gasteiger partial charge on any atom is 0.257 e. The number of carbonyl (C=O) groups is 2. The van der Waals surface area contributed by atoms with Gasteiger partial charge in [0.15, 0.2) is 5.82 Å². The van der Waals surface area contributed by atoms with Crippen molar-refractivity contribution in [2.75, 3.05) is 56.0 Å². The summed E-state index contributed by atoms with van der Waals surface area (Å²) in [6.45, 7) is 5.55. The third kappa shape index (κ3) is 6.60. The lowest BCUT2D eigenvalue weighted by molar-refractivity contribution is -0.119. The van der Waals surface area contributed by atoms with Crippen LogP contribution < -0.4 is 10.2 Å². The molecule has 0 atom stereocenters. The number of hydrogen-bond donors (Lipinski definition) is 1. The van der Waals surface area contributed by atoms with Gasteiger partial charge in [-0.3, -0.25) is 19.4 Å². The van der Waals surface area contributed by atoms with Crippen molar-refractivity contribution >= 4 is 29.0 Å². The lowest BCUT2D eigenvalue weighted by Crippen LogP contribution is -2.49. The van der Waals surface area contributed by atoms with Gasteiger partial charge in [0, 0.05) is 43.8 Å². The number of para-hydroxylation sites is 1. The molecule has 2 amide bonds. The van der Waals surface area contributed by atoms with Crippen LogP contribution in [0.15, 0.2) is 47.7 Å². The van der Waals surface area contributed by atoms with Gasteiger partial charge in [-0.1, -0.05) is 42.9 Å². The predicted molar refractivity (Wildman–Crippen MR) is 140 cm³/mol. The first-order valence-electron chi connectivity index (χ1n) is 12.8. The van der Waals surface area contributed by atoms with Gasteiger partial charge < -0.3 is 10.2 Å². The number of pyridine rings is 1. The third-order valence-corrected chi connectivity index (χ3v) is 6.76. The number of carbonyl (C=O) groups excluding carboxylic acids is 2. The molecule has 36 heavy (non-hydrogen) atoms. The van der Waals surface area contributed by atoms with Crippen LogP contribution in [-0.2, 0) is 4.79 Å². The van der Waals surface area contributed by atoms with Crippen molar-refractivity contribution in [3.05, 3.63) is 58.6 Å². The summed E-state index contributed by atoms with van der Waals surface area (Å²) in [4.78, 5) is 39.8. The first-order chi connectivity index (χ1) is 17.7. The Morgan fingerprint density at radius 3 is 2.50 bits per heavy atom. The van der Waals surface area contributed by atoms with Crippen molar-refractivity contribution in [2.24, 2.45) is 5.11 Å². The molecule has 10 heteroatoms. The van der Waals surface area contributed by atoms with Crippen LogP contribution in [0.2, 0.25) is 0 Å². The number of aromatic nitrogens is 1. The van der Waals surface area contributed by atoms with E-state index in [0.717, 1.165) is 45.6 Å². The molecule has 3 heterocycles. The van der Waals surface area contributed by atoms with Gasteiger partial charge in [-0.2, -0.15) is 0 Å². The summed E-state index contributed by atoms with van der Waals surface area (Å²) in [7, 11) is 0. The van der Waals surface area contributed by atoms with E-state index >= 15 is 0 Å². The third-order valence-electron chi connectivity index (χ3n) is 6.76. The molecule has 10 nitrogen and oxygen atoms in total. The molecule has 0 aliphatic carbocycles. The van der Waals surface area contributed by atoms with E-state index in [1.54, 1.807) is 41.4 Å². The summed E-state index contributed by atoms with van der Waals surface area (Å²) in [5, 5.41) is 6.46. The second-order valence-electron chi connectivity index (χ2n) is 9.27. The number of rotatable bonds is 11. The fourth-order valence-electron chi connectivity index (χ4n) is 4.79. The number of fused-ring (bicyclic) bond motifs is 2. The van der Waals surface area contributed by atoms with Gasteiger partial charge in [-0.25, -0.2) is 4.98 Å². The molecular formula is C26H34N8O2. The van der Waals surface area contributed by atoms with Gasteiger partial charge in [0.2, 0.25) is 5.91 Å². The minimum absolute atomic E-state index is 0.0900. The van der Waals surface area contributed by atoms with E-state index in [0.29, 0.717) is 29.3 Å². The summed E-state index contributed by atoms with van der Waals surface area (Å²) >= 11 is 0. The second-order valence-corrected chi connectivity index (χ2v) is 9.27. The normalized spacial score (nSPS) is 15.9. The Morgan fingerprint density at radius 2 is 1.69 bits per heavy atom. The molecule has 0 unspecified atom stereocenters. The van der Waals surface area contributed by atoms with E-state index in [2.05, 4.69) is 30.1 Å². The molecule has 0 spiro atoms. The molecule has 1 aromatic carbocycles. The summed E-state index contributed by atoms with van der Waals surface area (Å²) < 4.78 is 0.